The van der Waals surface area contributed by atoms with Gasteiger partial charge in [0.25, 0.3) is 0 Å². The first-order chi connectivity index (χ1) is 9.59. The van der Waals surface area contributed by atoms with Crippen molar-refractivity contribution in [1.29, 1.82) is 5.26 Å². The van der Waals surface area contributed by atoms with E-state index in [9.17, 15) is 18.5 Å². The van der Waals surface area contributed by atoms with Gasteiger partial charge in [-0.2, -0.15) is 5.26 Å². The maximum Gasteiger partial charge on any atom is 0.321 e. The third kappa shape index (κ3) is 5.31. The molecule has 6 heteroatoms. The van der Waals surface area contributed by atoms with E-state index in [-0.39, 0.29) is 0 Å². The van der Waals surface area contributed by atoms with E-state index >= 15 is 0 Å². The fourth-order valence-electron chi connectivity index (χ4n) is 2.77. The van der Waals surface area contributed by atoms with Crippen molar-refractivity contribution in [2.75, 3.05) is 5.75 Å². The van der Waals surface area contributed by atoms with Crippen LogP contribution in [0.4, 0.5) is 0 Å². The van der Waals surface area contributed by atoms with Crippen LogP contribution in [0.5, 0.6) is 0 Å². The number of carbonyl (C=O) groups is 1. The molecule has 0 amide bonds. The lowest BCUT2D eigenvalue weighted by Gasteiger charge is -2.32. The zero-order valence-corrected chi connectivity index (χ0v) is 14.1. The van der Waals surface area contributed by atoms with Gasteiger partial charge in [0.2, 0.25) is 0 Å². The van der Waals surface area contributed by atoms with Crippen LogP contribution in [0.2, 0.25) is 0 Å². The minimum atomic E-state index is -3.66. The molecular weight excluding hydrogens is 290 g/mol. The van der Waals surface area contributed by atoms with Gasteiger partial charge in [-0.1, -0.05) is 13.3 Å². The summed E-state index contributed by atoms with van der Waals surface area (Å²) in [6, 6.07) is 2.09. The Morgan fingerprint density at radius 2 is 1.95 bits per heavy atom. The van der Waals surface area contributed by atoms with E-state index in [0.717, 1.165) is 12.8 Å². The first kappa shape index (κ1) is 18.0. The van der Waals surface area contributed by atoms with Crippen LogP contribution in [0.25, 0.3) is 0 Å². The average Bonchev–Trinajstić information content (AvgIpc) is 2.34. The molecule has 120 valence electrons. The molecule has 1 fully saturated rings. The van der Waals surface area contributed by atoms with Crippen molar-refractivity contribution in [3.63, 3.8) is 0 Å². The summed E-state index contributed by atoms with van der Waals surface area (Å²) in [4.78, 5) is 11.8. The fraction of sp³-hybridized carbons (Fsp3) is 0.867. The van der Waals surface area contributed by atoms with Crippen LogP contribution >= 0.6 is 0 Å². The number of hydrogen-bond donors (Lipinski definition) is 0. The Kier molecular flexibility index (Phi) is 5.80. The molecule has 0 heterocycles. The monoisotopic (exact) mass is 315 g/mol. The molecule has 0 aromatic heterocycles. The number of esters is 1. The fourth-order valence-corrected chi connectivity index (χ4v) is 4.63. The van der Waals surface area contributed by atoms with Crippen LogP contribution < -0.4 is 0 Å². The van der Waals surface area contributed by atoms with Crippen LogP contribution in [0.1, 0.15) is 53.4 Å². The number of carbonyl (C=O) groups excluding carboxylic acids is 1. The summed E-state index contributed by atoms with van der Waals surface area (Å²) in [7, 11) is -3.66. The average molecular weight is 315 g/mol. The Morgan fingerprint density at radius 3 is 2.43 bits per heavy atom. The summed E-state index contributed by atoms with van der Waals surface area (Å²) >= 11 is 0. The Balaban J connectivity index is 2.84. The van der Waals surface area contributed by atoms with Gasteiger partial charge in [-0.3, -0.25) is 4.79 Å². The summed E-state index contributed by atoms with van der Waals surface area (Å²) in [6.07, 6.45) is 2.84. The van der Waals surface area contributed by atoms with Crippen molar-refractivity contribution < 1.29 is 17.9 Å². The highest BCUT2D eigenvalue weighted by Crippen LogP contribution is 2.35. The van der Waals surface area contributed by atoms with Gasteiger partial charge in [-0.05, 0) is 46.0 Å². The standard InChI is InChI=1S/C15H25NO4S/c1-5-11-6-7-12(9-16)13(8-11)21(18,19)10-14(17)20-15(2,3)4/h11-13H,5-8,10H2,1-4H3. The van der Waals surface area contributed by atoms with E-state index < -0.39 is 38.3 Å². The second kappa shape index (κ2) is 6.78. The molecule has 1 aliphatic carbocycles. The molecule has 1 saturated carbocycles. The lowest BCUT2D eigenvalue weighted by molar-refractivity contribution is -0.151. The lowest BCUT2D eigenvalue weighted by atomic mass is 9.81. The Labute approximate surface area is 127 Å². The second-order valence-electron chi connectivity index (χ2n) is 6.76. The Hall–Kier alpha value is -1.09. The maximum absolute atomic E-state index is 12.5. The zero-order valence-electron chi connectivity index (χ0n) is 13.3. The smallest absolute Gasteiger partial charge is 0.321 e. The summed E-state index contributed by atoms with van der Waals surface area (Å²) in [6.45, 7) is 7.12. The van der Waals surface area contributed by atoms with Crippen LogP contribution in [0, 0.1) is 23.2 Å². The first-order valence-electron chi connectivity index (χ1n) is 7.42. The van der Waals surface area contributed by atoms with E-state index in [1.807, 2.05) is 6.92 Å². The number of nitrogens with zero attached hydrogens (tertiary/aromatic N) is 1. The molecule has 1 rings (SSSR count). The van der Waals surface area contributed by atoms with E-state index in [4.69, 9.17) is 4.74 Å². The minimum absolute atomic E-state index is 0.313. The molecule has 0 aliphatic heterocycles. The highest BCUT2D eigenvalue weighted by Gasteiger charge is 2.40. The van der Waals surface area contributed by atoms with Crippen LogP contribution in [0.3, 0.4) is 0 Å². The van der Waals surface area contributed by atoms with Crippen LogP contribution in [-0.4, -0.2) is 31.0 Å². The van der Waals surface area contributed by atoms with Gasteiger partial charge in [0.15, 0.2) is 9.84 Å². The van der Waals surface area contributed by atoms with Crippen molar-refractivity contribution in [3.05, 3.63) is 0 Å². The molecule has 21 heavy (non-hydrogen) atoms. The third-order valence-electron chi connectivity index (χ3n) is 3.84. The van der Waals surface area contributed by atoms with E-state index in [1.165, 1.54) is 0 Å². The lowest BCUT2D eigenvalue weighted by Crippen LogP contribution is -2.39. The van der Waals surface area contributed by atoms with Gasteiger partial charge in [0, 0.05) is 0 Å². The third-order valence-corrected chi connectivity index (χ3v) is 5.93. The van der Waals surface area contributed by atoms with E-state index in [2.05, 4.69) is 6.07 Å². The molecule has 0 N–H and O–H groups in total. The molecule has 0 spiro atoms. The van der Waals surface area contributed by atoms with Gasteiger partial charge in [-0.25, -0.2) is 8.42 Å². The predicted molar refractivity (Wildman–Crippen MR) is 80.2 cm³/mol. The molecule has 0 aromatic carbocycles. The SMILES string of the molecule is CCC1CCC(C#N)C(S(=O)(=O)CC(=O)OC(C)(C)C)C1. The number of nitriles is 1. The predicted octanol–water partition coefficient (Wildman–Crippen LogP) is 2.46. The number of rotatable bonds is 4. The topological polar surface area (TPSA) is 84.2 Å². The summed E-state index contributed by atoms with van der Waals surface area (Å²) in [5.74, 6) is -1.57. The highest BCUT2D eigenvalue weighted by atomic mass is 32.2. The number of sulfone groups is 1. The molecule has 0 radical (unpaired) electrons. The van der Waals surface area contributed by atoms with E-state index in [1.54, 1.807) is 20.8 Å². The Bertz CT molecular complexity index is 513. The van der Waals surface area contributed by atoms with Crippen molar-refractivity contribution in [2.45, 2.75) is 64.2 Å². The van der Waals surface area contributed by atoms with Gasteiger partial charge in [0.1, 0.15) is 11.4 Å². The van der Waals surface area contributed by atoms with Crippen molar-refractivity contribution >= 4 is 15.8 Å². The number of hydrogen-bond acceptors (Lipinski definition) is 5. The molecular formula is C15H25NO4S. The molecule has 1 aliphatic rings. The van der Waals surface area contributed by atoms with Gasteiger partial charge in [0.05, 0.1) is 17.2 Å². The minimum Gasteiger partial charge on any atom is -0.459 e. The van der Waals surface area contributed by atoms with Crippen molar-refractivity contribution in [2.24, 2.45) is 11.8 Å². The van der Waals surface area contributed by atoms with Crippen LogP contribution in [-0.2, 0) is 19.4 Å². The Morgan fingerprint density at radius 1 is 1.33 bits per heavy atom. The molecule has 0 aromatic rings. The molecule has 0 saturated heterocycles. The summed E-state index contributed by atoms with van der Waals surface area (Å²) < 4.78 is 30.0. The molecule has 0 bridgehead atoms. The van der Waals surface area contributed by atoms with E-state index in [0.29, 0.717) is 18.8 Å². The number of ether oxygens (including phenoxy) is 1. The van der Waals surface area contributed by atoms with Gasteiger partial charge < -0.3 is 4.74 Å². The first-order valence-corrected chi connectivity index (χ1v) is 9.13. The van der Waals surface area contributed by atoms with Gasteiger partial charge >= 0.3 is 5.97 Å². The largest absolute Gasteiger partial charge is 0.459 e. The van der Waals surface area contributed by atoms with Crippen molar-refractivity contribution in [1.82, 2.24) is 0 Å². The highest BCUT2D eigenvalue weighted by molar-refractivity contribution is 7.92. The zero-order chi connectivity index (χ0) is 16.3. The quantitative estimate of drug-likeness (QED) is 0.744. The van der Waals surface area contributed by atoms with Crippen molar-refractivity contribution in [3.8, 4) is 6.07 Å². The maximum atomic E-state index is 12.5. The molecule has 3 unspecified atom stereocenters. The summed E-state index contributed by atoms with van der Waals surface area (Å²) in [5, 5.41) is 8.43. The van der Waals surface area contributed by atoms with Gasteiger partial charge in [-0.15, -0.1) is 0 Å². The second-order valence-corrected chi connectivity index (χ2v) is 8.97. The molecule has 5 nitrogen and oxygen atoms in total. The normalized spacial score (nSPS) is 26.9. The summed E-state index contributed by atoms with van der Waals surface area (Å²) in [5.41, 5.74) is -0.709. The molecule has 3 atom stereocenters. The van der Waals surface area contributed by atoms with Crippen LogP contribution in [0.15, 0.2) is 0 Å².